The minimum absolute atomic E-state index is 0.354. The van der Waals surface area contributed by atoms with Crippen LogP contribution in [0.3, 0.4) is 0 Å². The van der Waals surface area contributed by atoms with Gasteiger partial charge in [0.1, 0.15) is 5.83 Å². The van der Waals surface area contributed by atoms with Gasteiger partial charge in [-0.15, -0.1) is 0 Å². The highest BCUT2D eigenvalue weighted by molar-refractivity contribution is 5.77. The summed E-state index contributed by atoms with van der Waals surface area (Å²) in [5.74, 6) is -0.446. The predicted octanol–water partition coefficient (Wildman–Crippen LogP) is 1.85. The van der Waals surface area contributed by atoms with E-state index >= 15 is 0 Å². The summed E-state index contributed by atoms with van der Waals surface area (Å²) in [6.45, 7) is 9.17. The van der Waals surface area contributed by atoms with Crippen molar-refractivity contribution in [1.29, 1.82) is 0 Å². The van der Waals surface area contributed by atoms with Crippen molar-refractivity contribution in [2.75, 3.05) is 18.4 Å². The SMILES string of the molecule is C=C/C=c1/cc(C(/C=C(/F)C=C)=C/N)cc(NC2CCNCC2)/c1=C/N. The molecule has 1 aromatic carbocycles. The standard InChI is InChI=1S/C21H27FN4/c1-3-5-15-10-16(17(13-23)11-18(22)4-2)12-21(20(15)14-24)26-19-6-8-25-9-7-19/h3-5,10-14,19,25-26H,1-2,6-9,23-24H2/b15-5-,17-13+,18-11+,20-14+. The lowest BCUT2D eigenvalue weighted by Gasteiger charge is -2.25. The molecule has 0 atom stereocenters. The van der Waals surface area contributed by atoms with Crippen molar-refractivity contribution < 1.29 is 4.39 Å². The zero-order chi connectivity index (χ0) is 18.9. The van der Waals surface area contributed by atoms with Crippen LogP contribution in [-0.2, 0) is 0 Å². The average molecular weight is 354 g/mol. The molecule has 138 valence electrons. The molecule has 5 heteroatoms. The first kappa shape index (κ1) is 19.5. The molecule has 1 saturated heterocycles. The van der Waals surface area contributed by atoms with Crippen LogP contribution in [0.4, 0.5) is 10.1 Å². The number of hydrogen-bond donors (Lipinski definition) is 4. The molecule has 2 rings (SSSR count). The molecule has 0 aliphatic carbocycles. The van der Waals surface area contributed by atoms with Crippen molar-refractivity contribution in [2.45, 2.75) is 18.9 Å². The first-order valence-corrected chi connectivity index (χ1v) is 8.70. The molecule has 0 spiro atoms. The molecular formula is C21H27FN4. The lowest BCUT2D eigenvalue weighted by atomic mass is 10.0. The smallest absolute Gasteiger partial charge is 0.123 e. The summed E-state index contributed by atoms with van der Waals surface area (Å²) in [6, 6.07) is 4.22. The molecule has 0 bridgehead atoms. The maximum absolute atomic E-state index is 13.7. The van der Waals surface area contributed by atoms with Gasteiger partial charge in [0.25, 0.3) is 0 Å². The molecule has 0 amide bonds. The first-order chi connectivity index (χ1) is 12.6. The van der Waals surface area contributed by atoms with E-state index in [2.05, 4.69) is 23.8 Å². The fraction of sp³-hybridized carbons (Fsp3) is 0.238. The van der Waals surface area contributed by atoms with E-state index in [1.165, 1.54) is 12.3 Å². The molecule has 1 fully saturated rings. The Morgan fingerprint density at radius 3 is 2.54 bits per heavy atom. The minimum Gasteiger partial charge on any atom is -0.404 e. The van der Waals surface area contributed by atoms with Crippen LogP contribution in [0.2, 0.25) is 0 Å². The van der Waals surface area contributed by atoms with Gasteiger partial charge >= 0.3 is 0 Å². The van der Waals surface area contributed by atoms with Gasteiger partial charge in [-0.2, -0.15) is 0 Å². The van der Waals surface area contributed by atoms with E-state index in [-0.39, 0.29) is 0 Å². The summed E-state index contributed by atoms with van der Waals surface area (Å²) in [7, 11) is 0. The molecule has 26 heavy (non-hydrogen) atoms. The first-order valence-electron chi connectivity index (χ1n) is 8.70. The summed E-state index contributed by atoms with van der Waals surface area (Å²) >= 11 is 0. The van der Waals surface area contributed by atoms with Gasteiger partial charge in [0.05, 0.1) is 0 Å². The van der Waals surface area contributed by atoms with Crippen LogP contribution in [0.5, 0.6) is 0 Å². The fourth-order valence-electron chi connectivity index (χ4n) is 3.03. The van der Waals surface area contributed by atoms with Gasteiger partial charge in [-0.25, -0.2) is 4.39 Å². The van der Waals surface area contributed by atoms with Gasteiger partial charge in [-0.05, 0) is 61.0 Å². The Bertz CT molecular complexity index is 830. The maximum atomic E-state index is 13.7. The Balaban J connectivity index is 2.58. The number of hydrogen-bond acceptors (Lipinski definition) is 4. The third-order valence-corrected chi connectivity index (χ3v) is 4.38. The normalized spacial score (nSPS) is 18.0. The number of piperidine rings is 1. The second-order valence-corrected chi connectivity index (χ2v) is 6.12. The van der Waals surface area contributed by atoms with Gasteiger partial charge in [-0.3, -0.25) is 0 Å². The molecule has 1 aromatic rings. The van der Waals surface area contributed by atoms with Gasteiger partial charge in [0.15, 0.2) is 0 Å². The van der Waals surface area contributed by atoms with Crippen LogP contribution in [0.1, 0.15) is 18.4 Å². The van der Waals surface area contributed by atoms with Crippen LogP contribution < -0.4 is 32.5 Å². The Morgan fingerprint density at radius 1 is 1.23 bits per heavy atom. The number of nitrogens with two attached hydrogens (primary N) is 2. The van der Waals surface area contributed by atoms with E-state index in [1.807, 2.05) is 18.2 Å². The van der Waals surface area contributed by atoms with Crippen molar-refractivity contribution >= 4 is 23.5 Å². The highest BCUT2D eigenvalue weighted by Gasteiger charge is 2.14. The molecule has 0 unspecified atom stereocenters. The molecule has 1 heterocycles. The highest BCUT2D eigenvalue weighted by atomic mass is 19.1. The lowest BCUT2D eigenvalue weighted by molar-refractivity contribution is 0.479. The zero-order valence-corrected chi connectivity index (χ0v) is 15.0. The molecule has 0 radical (unpaired) electrons. The zero-order valence-electron chi connectivity index (χ0n) is 15.0. The van der Waals surface area contributed by atoms with Gasteiger partial charge in [0, 0.05) is 34.9 Å². The van der Waals surface area contributed by atoms with E-state index in [4.69, 9.17) is 11.5 Å². The Morgan fingerprint density at radius 2 is 1.96 bits per heavy atom. The molecule has 1 aliphatic heterocycles. The number of anilines is 1. The van der Waals surface area contributed by atoms with Crippen molar-refractivity contribution in [3.63, 3.8) is 0 Å². The maximum Gasteiger partial charge on any atom is 0.123 e. The average Bonchev–Trinajstić information content (AvgIpc) is 2.66. The van der Waals surface area contributed by atoms with E-state index in [1.54, 1.807) is 12.3 Å². The summed E-state index contributed by atoms with van der Waals surface area (Å²) in [6.07, 6.45) is 11.1. The second-order valence-electron chi connectivity index (χ2n) is 6.12. The van der Waals surface area contributed by atoms with Crippen molar-refractivity contribution in [3.05, 3.63) is 71.5 Å². The largest absolute Gasteiger partial charge is 0.404 e. The minimum atomic E-state index is -0.446. The molecular weight excluding hydrogens is 327 g/mol. The van der Waals surface area contributed by atoms with E-state index < -0.39 is 5.83 Å². The molecule has 4 nitrogen and oxygen atoms in total. The predicted molar refractivity (Wildman–Crippen MR) is 110 cm³/mol. The molecule has 6 N–H and O–H groups in total. The molecule has 0 saturated carbocycles. The van der Waals surface area contributed by atoms with Crippen LogP contribution in [0.25, 0.3) is 17.8 Å². The van der Waals surface area contributed by atoms with Crippen LogP contribution in [0, 0.1) is 0 Å². The third kappa shape index (κ3) is 4.86. The van der Waals surface area contributed by atoms with Gasteiger partial charge in [-0.1, -0.05) is 25.3 Å². The number of benzene rings is 1. The topological polar surface area (TPSA) is 76.1 Å². The molecule has 1 aliphatic rings. The number of halogens is 1. The Kier molecular flexibility index (Phi) is 7.24. The van der Waals surface area contributed by atoms with Crippen molar-refractivity contribution in [1.82, 2.24) is 5.32 Å². The summed E-state index contributed by atoms with van der Waals surface area (Å²) < 4.78 is 13.7. The second kappa shape index (κ2) is 9.63. The van der Waals surface area contributed by atoms with E-state index in [0.29, 0.717) is 11.6 Å². The van der Waals surface area contributed by atoms with Crippen molar-refractivity contribution in [2.24, 2.45) is 11.5 Å². The molecule has 0 aromatic heterocycles. The lowest BCUT2D eigenvalue weighted by Crippen LogP contribution is -2.38. The van der Waals surface area contributed by atoms with Gasteiger partial charge < -0.3 is 22.1 Å². The van der Waals surface area contributed by atoms with Crippen molar-refractivity contribution in [3.8, 4) is 0 Å². The summed E-state index contributed by atoms with van der Waals surface area (Å²) in [5.41, 5.74) is 13.9. The van der Waals surface area contributed by atoms with E-state index in [9.17, 15) is 4.39 Å². The summed E-state index contributed by atoms with van der Waals surface area (Å²) in [4.78, 5) is 0. The van der Waals surface area contributed by atoms with Crippen LogP contribution >= 0.6 is 0 Å². The number of rotatable bonds is 6. The Hall–Kier alpha value is -2.79. The summed E-state index contributed by atoms with van der Waals surface area (Å²) in [5, 5.41) is 8.71. The monoisotopic (exact) mass is 354 g/mol. The number of nitrogens with one attached hydrogen (secondary N) is 2. The number of allylic oxidation sites excluding steroid dienone is 5. The Labute approximate surface area is 154 Å². The van der Waals surface area contributed by atoms with Crippen LogP contribution in [0.15, 0.2) is 55.5 Å². The van der Waals surface area contributed by atoms with Gasteiger partial charge in [0.2, 0.25) is 0 Å². The fourth-order valence-corrected chi connectivity index (χ4v) is 3.03. The quantitative estimate of drug-likeness (QED) is 0.588. The van der Waals surface area contributed by atoms with Crippen LogP contribution in [-0.4, -0.2) is 19.1 Å². The van der Waals surface area contributed by atoms with E-state index in [0.717, 1.165) is 53.7 Å². The third-order valence-electron chi connectivity index (χ3n) is 4.38. The highest BCUT2D eigenvalue weighted by Crippen LogP contribution is 2.19.